The number of pyridine rings is 1. The van der Waals surface area contributed by atoms with Crippen LogP contribution in [0.1, 0.15) is 5.56 Å². The zero-order valence-corrected chi connectivity index (χ0v) is 14.0. The molecule has 7 heteroatoms. The van der Waals surface area contributed by atoms with E-state index >= 15 is 0 Å². The van der Waals surface area contributed by atoms with Crippen molar-refractivity contribution in [1.82, 2.24) is 15.3 Å². The van der Waals surface area contributed by atoms with Crippen LogP contribution in [0.5, 0.6) is 5.75 Å². The van der Waals surface area contributed by atoms with Crippen molar-refractivity contribution in [2.75, 3.05) is 12.4 Å². The summed E-state index contributed by atoms with van der Waals surface area (Å²) in [6, 6.07) is 11.5. The molecule has 0 aliphatic heterocycles. The zero-order chi connectivity index (χ0) is 16.8. The Labute approximate surface area is 144 Å². The van der Waals surface area contributed by atoms with Crippen LogP contribution in [0, 0.1) is 0 Å². The third-order valence-corrected chi connectivity index (χ3v) is 4.19. The number of aromatic nitrogens is 2. The molecule has 3 rings (SSSR count). The van der Waals surface area contributed by atoms with Crippen LogP contribution in [0.3, 0.4) is 0 Å². The van der Waals surface area contributed by atoms with Gasteiger partial charge in [0.2, 0.25) is 0 Å². The summed E-state index contributed by atoms with van der Waals surface area (Å²) in [5.41, 5.74) is 2.81. The molecule has 24 heavy (non-hydrogen) atoms. The molecular formula is C17H18N4O2S. The minimum Gasteiger partial charge on any atom is -0.496 e. The van der Waals surface area contributed by atoms with Crippen LogP contribution < -0.4 is 15.4 Å². The molecule has 0 aliphatic carbocycles. The second-order valence-electron chi connectivity index (χ2n) is 5.01. The average Bonchev–Trinajstić information content (AvgIpc) is 3.09. The maximum absolute atomic E-state index is 10.1. The Morgan fingerprint density at radius 2 is 2.00 bits per heavy atom. The van der Waals surface area contributed by atoms with Crippen molar-refractivity contribution in [3.05, 3.63) is 59.7 Å². The smallest absolute Gasteiger partial charge is 0.186 e. The van der Waals surface area contributed by atoms with Gasteiger partial charge in [-0.15, -0.1) is 11.3 Å². The van der Waals surface area contributed by atoms with Gasteiger partial charge in [-0.2, -0.15) is 0 Å². The van der Waals surface area contributed by atoms with E-state index in [9.17, 15) is 5.11 Å². The minimum absolute atomic E-state index is 0.473. The lowest BCUT2D eigenvalue weighted by Gasteiger charge is -2.15. The number of aliphatic hydroxyl groups excluding tert-OH is 1. The van der Waals surface area contributed by atoms with Crippen LogP contribution in [0.25, 0.3) is 11.3 Å². The monoisotopic (exact) mass is 342 g/mol. The highest BCUT2D eigenvalue weighted by Crippen LogP contribution is 2.24. The fourth-order valence-corrected chi connectivity index (χ4v) is 2.96. The number of methoxy groups -OCH3 is 1. The van der Waals surface area contributed by atoms with E-state index in [4.69, 9.17) is 4.74 Å². The maximum atomic E-state index is 10.1. The first-order chi connectivity index (χ1) is 11.8. The van der Waals surface area contributed by atoms with E-state index < -0.39 is 6.35 Å². The van der Waals surface area contributed by atoms with Crippen molar-refractivity contribution in [2.24, 2.45) is 0 Å². The number of hydrogen-bond donors (Lipinski definition) is 3. The number of benzene rings is 1. The molecule has 0 saturated heterocycles. The highest BCUT2D eigenvalue weighted by atomic mass is 32.1. The quantitative estimate of drug-likeness (QED) is 0.573. The molecule has 0 spiro atoms. The van der Waals surface area contributed by atoms with Gasteiger partial charge in [-0.05, 0) is 18.2 Å². The number of ether oxygens (including phenoxy) is 1. The fourth-order valence-electron chi connectivity index (χ4n) is 2.22. The number of nitrogens with zero attached hydrogens (tertiary/aromatic N) is 2. The number of thiazole rings is 1. The second kappa shape index (κ2) is 7.87. The summed E-state index contributed by atoms with van der Waals surface area (Å²) < 4.78 is 5.29. The van der Waals surface area contributed by atoms with E-state index in [-0.39, 0.29) is 0 Å². The maximum Gasteiger partial charge on any atom is 0.186 e. The van der Waals surface area contributed by atoms with Gasteiger partial charge in [0.15, 0.2) is 11.5 Å². The molecule has 124 valence electrons. The molecule has 3 aromatic rings. The second-order valence-corrected chi connectivity index (χ2v) is 5.87. The van der Waals surface area contributed by atoms with E-state index in [0.717, 1.165) is 22.6 Å². The lowest BCUT2D eigenvalue weighted by molar-refractivity contribution is 0.163. The largest absolute Gasteiger partial charge is 0.496 e. The Kier molecular flexibility index (Phi) is 5.37. The first kappa shape index (κ1) is 16.4. The third kappa shape index (κ3) is 4.08. The topological polar surface area (TPSA) is 79.3 Å². The first-order valence-electron chi connectivity index (χ1n) is 7.42. The molecule has 0 radical (unpaired) electrons. The molecule has 6 nitrogen and oxygen atoms in total. The van der Waals surface area contributed by atoms with Crippen LogP contribution in [0.2, 0.25) is 0 Å². The molecule has 0 saturated carbocycles. The van der Waals surface area contributed by atoms with Crippen LogP contribution >= 0.6 is 11.3 Å². The number of nitrogens with one attached hydrogen (secondary N) is 2. The Morgan fingerprint density at radius 1 is 1.21 bits per heavy atom. The molecule has 1 atom stereocenters. The molecular weight excluding hydrogens is 324 g/mol. The van der Waals surface area contributed by atoms with Gasteiger partial charge in [-0.25, -0.2) is 4.98 Å². The van der Waals surface area contributed by atoms with Crippen molar-refractivity contribution in [2.45, 2.75) is 12.9 Å². The van der Waals surface area contributed by atoms with Crippen LogP contribution in [0.4, 0.5) is 5.13 Å². The van der Waals surface area contributed by atoms with Crippen LogP contribution in [-0.2, 0) is 6.54 Å². The number of aliphatic hydroxyl groups is 1. The normalized spacial score (nSPS) is 11.9. The standard InChI is InChI=1S/C17H18N4O2S/c1-23-15-5-3-2-4-13(15)10-19-16(22)21-17-20-14(11-24-17)12-6-8-18-9-7-12/h2-9,11,16,19,22H,10H2,1H3,(H,20,21). The van der Waals surface area contributed by atoms with Crippen LogP contribution in [-0.4, -0.2) is 28.5 Å². The van der Waals surface area contributed by atoms with Crippen molar-refractivity contribution in [1.29, 1.82) is 0 Å². The number of rotatable bonds is 7. The summed E-state index contributed by atoms with van der Waals surface area (Å²) in [5.74, 6) is 0.784. The predicted molar refractivity (Wildman–Crippen MR) is 94.8 cm³/mol. The van der Waals surface area contributed by atoms with Gasteiger partial charge in [0.1, 0.15) is 5.75 Å². The Bertz CT molecular complexity index is 779. The molecule has 0 aliphatic rings. The Balaban J connectivity index is 1.57. The first-order valence-corrected chi connectivity index (χ1v) is 8.30. The molecule has 3 N–H and O–H groups in total. The fraction of sp³-hybridized carbons (Fsp3) is 0.176. The molecule has 0 fully saturated rings. The highest BCUT2D eigenvalue weighted by Gasteiger charge is 2.09. The van der Waals surface area contributed by atoms with Crippen molar-refractivity contribution >= 4 is 16.5 Å². The summed E-state index contributed by atoms with van der Waals surface area (Å²) in [6.07, 6.45) is 2.54. The van der Waals surface area contributed by atoms with Gasteiger partial charge in [-0.3, -0.25) is 10.3 Å². The SMILES string of the molecule is COc1ccccc1CNC(O)Nc1nc(-c2ccncc2)cs1. The summed E-state index contributed by atoms with van der Waals surface area (Å²) in [5, 5.41) is 18.6. The van der Waals surface area contributed by atoms with E-state index in [1.165, 1.54) is 11.3 Å². The average molecular weight is 342 g/mol. The van der Waals surface area contributed by atoms with Crippen molar-refractivity contribution < 1.29 is 9.84 Å². The number of hydrogen-bond acceptors (Lipinski definition) is 7. The van der Waals surface area contributed by atoms with E-state index in [1.54, 1.807) is 19.5 Å². The van der Waals surface area contributed by atoms with Crippen molar-refractivity contribution in [3.8, 4) is 17.0 Å². The van der Waals surface area contributed by atoms with Gasteiger partial charge in [0.25, 0.3) is 0 Å². The number of para-hydroxylation sites is 1. The van der Waals surface area contributed by atoms with Crippen LogP contribution in [0.15, 0.2) is 54.2 Å². The summed E-state index contributed by atoms with van der Waals surface area (Å²) >= 11 is 1.43. The molecule has 0 amide bonds. The Hall–Kier alpha value is -2.48. The summed E-state index contributed by atoms with van der Waals surface area (Å²) in [7, 11) is 1.63. The molecule has 1 aromatic carbocycles. The Morgan fingerprint density at radius 3 is 2.79 bits per heavy atom. The van der Waals surface area contributed by atoms with Gasteiger partial charge in [-0.1, -0.05) is 18.2 Å². The molecule has 2 heterocycles. The minimum atomic E-state index is -0.911. The van der Waals surface area contributed by atoms with Gasteiger partial charge < -0.3 is 15.2 Å². The zero-order valence-electron chi connectivity index (χ0n) is 13.1. The lowest BCUT2D eigenvalue weighted by Crippen LogP contribution is -2.35. The van der Waals surface area contributed by atoms with E-state index in [0.29, 0.717) is 11.7 Å². The predicted octanol–water partition coefficient (Wildman–Crippen LogP) is 2.69. The molecule has 1 unspecified atom stereocenters. The lowest BCUT2D eigenvalue weighted by atomic mass is 10.2. The highest BCUT2D eigenvalue weighted by molar-refractivity contribution is 7.14. The summed E-state index contributed by atoms with van der Waals surface area (Å²) in [6.45, 7) is 0.473. The van der Waals surface area contributed by atoms with Crippen molar-refractivity contribution in [3.63, 3.8) is 0 Å². The third-order valence-electron chi connectivity index (χ3n) is 3.42. The van der Waals surface area contributed by atoms with Gasteiger partial charge in [0, 0.05) is 35.4 Å². The van der Waals surface area contributed by atoms with E-state index in [2.05, 4.69) is 20.6 Å². The molecule has 0 bridgehead atoms. The van der Waals surface area contributed by atoms with Gasteiger partial charge in [0.05, 0.1) is 12.8 Å². The number of anilines is 1. The summed E-state index contributed by atoms with van der Waals surface area (Å²) in [4.78, 5) is 8.46. The van der Waals surface area contributed by atoms with Gasteiger partial charge >= 0.3 is 0 Å². The molecule has 2 aromatic heterocycles. The van der Waals surface area contributed by atoms with E-state index in [1.807, 2.05) is 41.8 Å².